The Morgan fingerprint density at radius 2 is 2.15 bits per heavy atom. The van der Waals surface area contributed by atoms with Crippen molar-refractivity contribution in [2.24, 2.45) is 0 Å². The van der Waals surface area contributed by atoms with E-state index in [2.05, 4.69) is 10.6 Å². The predicted octanol–water partition coefficient (Wildman–Crippen LogP) is 2.18. The van der Waals surface area contributed by atoms with Crippen molar-refractivity contribution in [3.8, 4) is 0 Å². The average Bonchev–Trinajstić information content (AvgIpc) is 2.25. The molecule has 0 saturated carbocycles. The molecule has 2 nitrogen and oxygen atoms in total. The second-order valence-corrected chi connectivity index (χ2v) is 3.88. The molecular formula is C9H9ClN2S. The summed E-state index contributed by atoms with van der Waals surface area (Å²) in [5, 5.41) is 7.14. The highest BCUT2D eigenvalue weighted by atomic mass is 35.5. The zero-order chi connectivity index (χ0) is 9.26. The molecule has 0 bridgehead atoms. The largest absolute Gasteiger partial charge is 0.349 e. The number of thiocarbonyl (C=S) groups is 1. The van der Waals surface area contributed by atoms with E-state index in [4.69, 9.17) is 23.8 Å². The number of rotatable bonds is 0. The topological polar surface area (TPSA) is 24.1 Å². The second kappa shape index (κ2) is 3.62. The maximum absolute atomic E-state index is 5.88. The standard InChI is InChI=1S/C9H9ClN2S/c10-7-1-2-8-6(3-7)4-11-5-9(13)12-8/h1-3,11H,4-5H2,(H,12,13). The van der Waals surface area contributed by atoms with Gasteiger partial charge in [0.2, 0.25) is 0 Å². The summed E-state index contributed by atoms with van der Waals surface area (Å²) in [6.07, 6.45) is 0. The molecule has 1 heterocycles. The number of benzene rings is 1. The highest BCUT2D eigenvalue weighted by Gasteiger charge is 2.09. The third kappa shape index (κ3) is 1.99. The minimum Gasteiger partial charge on any atom is -0.349 e. The molecule has 2 rings (SSSR count). The predicted molar refractivity (Wildman–Crippen MR) is 59.4 cm³/mol. The molecule has 0 spiro atoms. The van der Waals surface area contributed by atoms with Crippen LogP contribution >= 0.6 is 23.8 Å². The van der Waals surface area contributed by atoms with Crippen LogP contribution in [0.2, 0.25) is 5.02 Å². The fourth-order valence-corrected chi connectivity index (χ4v) is 1.74. The Morgan fingerprint density at radius 3 is 3.00 bits per heavy atom. The lowest BCUT2D eigenvalue weighted by Crippen LogP contribution is -2.21. The van der Waals surface area contributed by atoms with Gasteiger partial charge in [-0.3, -0.25) is 0 Å². The normalized spacial score (nSPS) is 15.9. The van der Waals surface area contributed by atoms with Crippen LogP contribution in [0.3, 0.4) is 0 Å². The molecule has 0 aromatic heterocycles. The smallest absolute Gasteiger partial charge is 0.0937 e. The fourth-order valence-electron chi connectivity index (χ4n) is 1.34. The molecule has 13 heavy (non-hydrogen) atoms. The number of halogens is 1. The third-order valence-electron chi connectivity index (χ3n) is 1.94. The maximum atomic E-state index is 5.88. The summed E-state index contributed by atoms with van der Waals surface area (Å²) in [5.74, 6) is 0. The number of hydrogen-bond acceptors (Lipinski definition) is 2. The molecule has 1 aliphatic rings. The minimum atomic E-state index is 0.724. The van der Waals surface area contributed by atoms with E-state index in [0.29, 0.717) is 0 Å². The maximum Gasteiger partial charge on any atom is 0.0937 e. The van der Waals surface area contributed by atoms with Gasteiger partial charge in [0.1, 0.15) is 0 Å². The SMILES string of the molecule is S=C1CNCc2cc(Cl)ccc2N1. The fraction of sp³-hybridized carbons (Fsp3) is 0.222. The first-order chi connectivity index (χ1) is 6.25. The van der Waals surface area contributed by atoms with Gasteiger partial charge in [-0.15, -0.1) is 0 Å². The van der Waals surface area contributed by atoms with Crippen molar-refractivity contribution in [2.75, 3.05) is 11.9 Å². The Bertz CT molecular complexity index is 351. The van der Waals surface area contributed by atoms with Gasteiger partial charge in [0, 0.05) is 23.8 Å². The van der Waals surface area contributed by atoms with E-state index >= 15 is 0 Å². The van der Waals surface area contributed by atoms with Gasteiger partial charge >= 0.3 is 0 Å². The zero-order valence-corrected chi connectivity index (χ0v) is 8.50. The summed E-state index contributed by atoms with van der Waals surface area (Å²) in [6, 6.07) is 5.77. The van der Waals surface area contributed by atoms with Gasteiger partial charge in [-0.05, 0) is 23.8 Å². The molecule has 68 valence electrons. The Labute approximate surface area is 87.3 Å². The van der Waals surface area contributed by atoms with Crippen molar-refractivity contribution in [1.29, 1.82) is 0 Å². The van der Waals surface area contributed by atoms with Gasteiger partial charge in [-0.2, -0.15) is 0 Å². The molecule has 4 heteroatoms. The van der Waals surface area contributed by atoms with Crippen molar-refractivity contribution in [2.45, 2.75) is 6.54 Å². The summed E-state index contributed by atoms with van der Waals surface area (Å²) in [6.45, 7) is 1.53. The molecule has 0 aliphatic carbocycles. The summed E-state index contributed by atoms with van der Waals surface area (Å²) in [7, 11) is 0. The van der Waals surface area contributed by atoms with Gasteiger partial charge in [0.25, 0.3) is 0 Å². The summed E-state index contributed by atoms with van der Waals surface area (Å²) < 4.78 is 0. The highest BCUT2D eigenvalue weighted by molar-refractivity contribution is 7.80. The number of hydrogen-bond donors (Lipinski definition) is 2. The van der Waals surface area contributed by atoms with Crippen LogP contribution in [0.1, 0.15) is 5.56 Å². The van der Waals surface area contributed by atoms with Gasteiger partial charge < -0.3 is 10.6 Å². The van der Waals surface area contributed by atoms with E-state index in [1.165, 1.54) is 0 Å². The summed E-state index contributed by atoms with van der Waals surface area (Å²) >= 11 is 11.0. The van der Waals surface area contributed by atoms with Crippen molar-refractivity contribution in [3.05, 3.63) is 28.8 Å². The van der Waals surface area contributed by atoms with E-state index in [1.807, 2.05) is 18.2 Å². The lowest BCUT2D eigenvalue weighted by atomic mass is 10.2. The Kier molecular flexibility index (Phi) is 2.49. The van der Waals surface area contributed by atoms with Crippen LogP contribution in [0.15, 0.2) is 18.2 Å². The monoisotopic (exact) mass is 212 g/mol. The van der Waals surface area contributed by atoms with Gasteiger partial charge in [0.15, 0.2) is 0 Å². The van der Waals surface area contributed by atoms with E-state index in [9.17, 15) is 0 Å². The van der Waals surface area contributed by atoms with E-state index in [-0.39, 0.29) is 0 Å². The molecule has 0 atom stereocenters. The lowest BCUT2D eigenvalue weighted by Gasteiger charge is -2.06. The molecule has 0 fully saturated rings. The summed E-state index contributed by atoms with van der Waals surface area (Å²) in [4.78, 5) is 0.820. The molecule has 1 aromatic rings. The number of nitrogens with one attached hydrogen (secondary N) is 2. The zero-order valence-electron chi connectivity index (χ0n) is 6.93. The average molecular weight is 213 g/mol. The van der Waals surface area contributed by atoms with Crippen LogP contribution < -0.4 is 10.6 Å². The van der Waals surface area contributed by atoms with Crippen molar-refractivity contribution in [1.82, 2.24) is 5.32 Å². The quantitative estimate of drug-likeness (QED) is 0.645. The van der Waals surface area contributed by atoms with Crippen LogP contribution in [0, 0.1) is 0 Å². The van der Waals surface area contributed by atoms with Gasteiger partial charge in [-0.1, -0.05) is 23.8 Å². The van der Waals surface area contributed by atoms with E-state index in [0.717, 1.165) is 34.4 Å². The molecular weight excluding hydrogens is 204 g/mol. The molecule has 0 unspecified atom stereocenters. The van der Waals surface area contributed by atoms with Crippen LogP contribution in [0.4, 0.5) is 5.69 Å². The molecule has 0 amide bonds. The third-order valence-corrected chi connectivity index (χ3v) is 2.42. The Morgan fingerprint density at radius 1 is 1.31 bits per heavy atom. The first kappa shape index (κ1) is 8.94. The Hall–Kier alpha value is -0.640. The minimum absolute atomic E-state index is 0.724. The number of fused-ring (bicyclic) bond motifs is 1. The first-order valence-electron chi connectivity index (χ1n) is 4.05. The van der Waals surface area contributed by atoms with E-state index in [1.54, 1.807) is 0 Å². The lowest BCUT2D eigenvalue weighted by molar-refractivity contribution is 0.789. The van der Waals surface area contributed by atoms with Crippen LogP contribution in [-0.4, -0.2) is 11.5 Å². The van der Waals surface area contributed by atoms with E-state index < -0.39 is 0 Å². The second-order valence-electron chi connectivity index (χ2n) is 2.95. The summed E-state index contributed by atoms with van der Waals surface area (Å²) in [5.41, 5.74) is 2.21. The molecule has 1 aromatic carbocycles. The van der Waals surface area contributed by atoms with Crippen LogP contribution in [0.5, 0.6) is 0 Å². The van der Waals surface area contributed by atoms with Crippen LogP contribution in [0.25, 0.3) is 0 Å². The van der Waals surface area contributed by atoms with Crippen molar-refractivity contribution >= 4 is 34.5 Å². The van der Waals surface area contributed by atoms with Crippen molar-refractivity contribution < 1.29 is 0 Å². The highest BCUT2D eigenvalue weighted by Crippen LogP contribution is 2.21. The molecule has 0 radical (unpaired) electrons. The number of anilines is 1. The van der Waals surface area contributed by atoms with Crippen LogP contribution in [-0.2, 0) is 6.54 Å². The molecule has 1 aliphatic heterocycles. The van der Waals surface area contributed by atoms with Crippen molar-refractivity contribution in [3.63, 3.8) is 0 Å². The Balaban J connectivity index is 2.40. The van der Waals surface area contributed by atoms with Gasteiger partial charge in [-0.25, -0.2) is 0 Å². The molecule has 0 saturated heterocycles. The first-order valence-corrected chi connectivity index (χ1v) is 4.83. The molecule has 2 N–H and O–H groups in total. The van der Waals surface area contributed by atoms with Gasteiger partial charge in [0.05, 0.1) is 4.99 Å².